The zero-order valence-corrected chi connectivity index (χ0v) is 14.7. The Morgan fingerprint density at radius 3 is 2.76 bits per heavy atom. The molecule has 0 aromatic carbocycles. The number of carbonyl (C=O) groups is 1. The summed E-state index contributed by atoms with van der Waals surface area (Å²) in [5.41, 5.74) is 0. The van der Waals surface area contributed by atoms with Crippen molar-refractivity contribution in [3.05, 3.63) is 18.6 Å². The minimum Gasteiger partial charge on any atom is -0.374 e. The fourth-order valence-corrected chi connectivity index (χ4v) is 4.28. The Balaban J connectivity index is 1.30. The molecule has 0 radical (unpaired) electrons. The van der Waals surface area contributed by atoms with Gasteiger partial charge in [-0.3, -0.25) is 14.7 Å². The Labute approximate surface area is 149 Å². The zero-order valence-electron chi connectivity index (χ0n) is 14.7. The van der Waals surface area contributed by atoms with Gasteiger partial charge in [-0.2, -0.15) is 0 Å². The van der Waals surface area contributed by atoms with Crippen LogP contribution in [0.3, 0.4) is 0 Å². The van der Waals surface area contributed by atoms with E-state index in [1.165, 1.54) is 12.8 Å². The second-order valence-corrected chi connectivity index (χ2v) is 7.17. The van der Waals surface area contributed by atoms with E-state index in [9.17, 15) is 4.79 Å². The van der Waals surface area contributed by atoms with Crippen molar-refractivity contribution in [2.45, 2.75) is 37.8 Å². The van der Waals surface area contributed by atoms with Crippen LogP contribution in [0.2, 0.25) is 0 Å². The normalized spacial score (nSPS) is 27.8. The summed E-state index contributed by atoms with van der Waals surface area (Å²) in [6.07, 6.45) is 10.1. The van der Waals surface area contributed by atoms with E-state index in [-0.39, 0.29) is 12.0 Å². The first-order valence-corrected chi connectivity index (χ1v) is 9.45. The van der Waals surface area contributed by atoms with Crippen molar-refractivity contribution < 1.29 is 9.53 Å². The van der Waals surface area contributed by atoms with Crippen molar-refractivity contribution in [2.24, 2.45) is 0 Å². The molecule has 0 unspecified atom stereocenters. The summed E-state index contributed by atoms with van der Waals surface area (Å²) < 4.78 is 5.89. The van der Waals surface area contributed by atoms with Gasteiger partial charge in [-0.25, -0.2) is 4.98 Å². The molecular formula is C18H27N5O2. The van der Waals surface area contributed by atoms with Crippen molar-refractivity contribution in [1.29, 1.82) is 0 Å². The number of rotatable bonds is 3. The number of nitrogens with zero attached hydrogens (tertiary/aromatic N) is 5. The van der Waals surface area contributed by atoms with Crippen molar-refractivity contribution in [3.63, 3.8) is 0 Å². The Bertz CT molecular complexity index is 574. The number of amides is 1. The first kappa shape index (κ1) is 16.7. The van der Waals surface area contributed by atoms with E-state index in [0.29, 0.717) is 19.2 Å². The third kappa shape index (κ3) is 3.77. The number of hydrogen-bond acceptors (Lipinski definition) is 6. The predicted molar refractivity (Wildman–Crippen MR) is 94.4 cm³/mol. The number of aromatic nitrogens is 2. The summed E-state index contributed by atoms with van der Waals surface area (Å²) in [5, 5.41) is 0. The molecule has 136 valence electrons. The summed E-state index contributed by atoms with van der Waals surface area (Å²) in [7, 11) is 0. The van der Waals surface area contributed by atoms with Crippen molar-refractivity contribution in [1.82, 2.24) is 19.8 Å². The summed E-state index contributed by atoms with van der Waals surface area (Å²) in [6, 6.07) is 0.302. The first-order chi connectivity index (χ1) is 12.3. The van der Waals surface area contributed by atoms with E-state index >= 15 is 0 Å². The molecule has 3 heterocycles. The molecule has 1 amide bonds. The number of piperazine rings is 1. The zero-order chi connectivity index (χ0) is 17.1. The smallest absolute Gasteiger partial charge is 0.237 e. The number of fused-ring (bicyclic) bond motifs is 1. The van der Waals surface area contributed by atoms with Gasteiger partial charge in [0.05, 0.1) is 31.5 Å². The topological polar surface area (TPSA) is 61.8 Å². The van der Waals surface area contributed by atoms with Crippen molar-refractivity contribution >= 4 is 11.7 Å². The maximum atomic E-state index is 12.9. The highest BCUT2D eigenvalue weighted by Gasteiger charge is 2.37. The first-order valence-electron chi connectivity index (χ1n) is 9.45. The average molecular weight is 345 g/mol. The van der Waals surface area contributed by atoms with E-state index in [1.807, 2.05) is 0 Å². The molecule has 1 aromatic rings. The number of morpholine rings is 1. The SMILES string of the molecule is O=C(CN1CCN(c2cnccn2)CC1)N1CCO[C@H]2CCCC[C@H]21. The molecule has 3 aliphatic rings. The number of carbonyl (C=O) groups excluding carboxylic acids is 1. The van der Waals surface area contributed by atoms with Crippen LogP contribution in [0.1, 0.15) is 25.7 Å². The number of ether oxygens (including phenoxy) is 1. The van der Waals surface area contributed by atoms with Crippen LogP contribution in [0.15, 0.2) is 18.6 Å². The van der Waals surface area contributed by atoms with Gasteiger partial charge in [-0.15, -0.1) is 0 Å². The maximum absolute atomic E-state index is 12.9. The molecule has 0 spiro atoms. The maximum Gasteiger partial charge on any atom is 0.237 e. The molecule has 3 fully saturated rings. The van der Waals surface area contributed by atoms with E-state index in [1.54, 1.807) is 18.6 Å². The Morgan fingerprint density at radius 2 is 1.96 bits per heavy atom. The van der Waals surface area contributed by atoms with Gasteiger partial charge in [0.1, 0.15) is 5.82 Å². The van der Waals surface area contributed by atoms with Gasteiger partial charge < -0.3 is 14.5 Å². The molecule has 7 heteroatoms. The lowest BCUT2D eigenvalue weighted by Crippen LogP contribution is -2.58. The largest absolute Gasteiger partial charge is 0.374 e. The lowest BCUT2D eigenvalue weighted by Gasteiger charge is -2.44. The number of hydrogen-bond donors (Lipinski definition) is 0. The highest BCUT2D eigenvalue weighted by Crippen LogP contribution is 2.28. The second-order valence-electron chi connectivity index (χ2n) is 7.17. The molecule has 1 aromatic heterocycles. The Morgan fingerprint density at radius 1 is 1.12 bits per heavy atom. The summed E-state index contributed by atoms with van der Waals surface area (Å²) >= 11 is 0. The lowest BCUT2D eigenvalue weighted by molar-refractivity contribution is -0.150. The third-order valence-corrected chi connectivity index (χ3v) is 5.66. The van der Waals surface area contributed by atoms with Crippen LogP contribution in [0, 0.1) is 0 Å². The predicted octanol–water partition coefficient (Wildman–Crippen LogP) is 0.769. The summed E-state index contributed by atoms with van der Waals surface area (Å²) in [4.78, 5) is 28.0. The van der Waals surface area contributed by atoms with E-state index in [0.717, 1.165) is 51.4 Å². The standard InChI is InChI=1S/C18H27N5O2/c24-18(23-11-12-25-16-4-2-1-3-15(16)23)14-21-7-9-22(10-8-21)17-13-19-5-6-20-17/h5-6,13,15-16H,1-4,7-12,14H2/t15-,16+/m1/s1. The van der Waals surface area contributed by atoms with Crippen LogP contribution >= 0.6 is 0 Å². The minimum atomic E-state index is 0.264. The van der Waals surface area contributed by atoms with Gasteiger partial charge >= 0.3 is 0 Å². The van der Waals surface area contributed by atoms with Crippen LogP contribution in [0.4, 0.5) is 5.82 Å². The van der Waals surface area contributed by atoms with Crippen LogP contribution in [-0.4, -0.2) is 83.7 Å². The molecule has 2 atom stereocenters. The fraction of sp³-hybridized carbons (Fsp3) is 0.722. The third-order valence-electron chi connectivity index (χ3n) is 5.66. The highest BCUT2D eigenvalue weighted by atomic mass is 16.5. The molecule has 7 nitrogen and oxygen atoms in total. The molecule has 1 aliphatic carbocycles. The lowest BCUT2D eigenvalue weighted by atomic mass is 9.90. The molecule has 0 N–H and O–H groups in total. The molecular weight excluding hydrogens is 318 g/mol. The average Bonchev–Trinajstić information content (AvgIpc) is 2.69. The van der Waals surface area contributed by atoms with E-state index in [2.05, 4.69) is 24.7 Å². The van der Waals surface area contributed by atoms with E-state index < -0.39 is 0 Å². The monoisotopic (exact) mass is 345 g/mol. The quantitative estimate of drug-likeness (QED) is 0.806. The highest BCUT2D eigenvalue weighted by molar-refractivity contribution is 5.79. The molecule has 2 aliphatic heterocycles. The molecule has 4 rings (SSSR count). The van der Waals surface area contributed by atoms with Crippen LogP contribution in [-0.2, 0) is 9.53 Å². The molecule has 0 bridgehead atoms. The van der Waals surface area contributed by atoms with Gasteiger partial charge in [0.15, 0.2) is 0 Å². The molecule has 2 saturated heterocycles. The molecule has 1 saturated carbocycles. The van der Waals surface area contributed by atoms with Gasteiger partial charge in [-0.05, 0) is 12.8 Å². The Kier molecular flexibility index (Phi) is 5.12. The van der Waals surface area contributed by atoms with Crippen molar-refractivity contribution in [3.8, 4) is 0 Å². The second kappa shape index (κ2) is 7.66. The van der Waals surface area contributed by atoms with Crippen LogP contribution in [0.25, 0.3) is 0 Å². The van der Waals surface area contributed by atoms with Gasteiger partial charge in [0.25, 0.3) is 0 Å². The van der Waals surface area contributed by atoms with Gasteiger partial charge in [0, 0.05) is 45.1 Å². The van der Waals surface area contributed by atoms with E-state index in [4.69, 9.17) is 4.74 Å². The van der Waals surface area contributed by atoms with Crippen LogP contribution < -0.4 is 4.90 Å². The number of anilines is 1. The Hall–Kier alpha value is -1.73. The van der Waals surface area contributed by atoms with Gasteiger partial charge in [0.2, 0.25) is 5.91 Å². The summed E-state index contributed by atoms with van der Waals surface area (Å²) in [5.74, 6) is 1.19. The van der Waals surface area contributed by atoms with Gasteiger partial charge in [-0.1, -0.05) is 12.8 Å². The minimum absolute atomic E-state index is 0.264. The van der Waals surface area contributed by atoms with Crippen molar-refractivity contribution in [2.75, 3.05) is 50.8 Å². The van der Waals surface area contributed by atoms with Crippen LogP contribution in [0.5, 0.6) is 0 Å². The fourth-order valence-electron chi connectivity index (χ4n) is 4.28. The summed E-state index contributed by atoms with van der Waals surface area (Å²) in [6.45, 7) is 5.52. The molecule has 25 heavy (non-hydrogen) atoms.